The topological polar surface area (TPSA) is 79.5 Å². The van der Waals surface area contributed by atoms with Gasteiger partial charge in [0.05, 0.1) is 35.4 Å². The van der Waals surface area contributed by atoms with Gasteiger partial charge in [-0.25, -0.2) is 9.97 Å². The maximum absolute atomic E-state index is 6.50. The number of ether oxygens (including phenoxy) is 1. The fourth-order valence-electron chi connectivity index (χ4n) is 5.63. The average molecular weight is 553 g/mol. The lowest BCUT2D eigenvalue weighted by atomic mass is 9.87. The first-order valence-corrected chi connectivity index (χ1v) is 14.5. The Morgan fingerprint density at radius 3 is 2.73 bits per heavy atom. The van der Waals surface area contributed by atoms with Gasteiger partial charge in [0, 0.05) is 38.0 Å². The van der Waals surface area contributed by atoms with Crippen LogP contribution < -0.4 is 20.7 Å². The average Bonchev–Trinajstić information content (AvgIpc) is 3.19. The van der Waals surface area contributed by atoms with Crippen molar-refractivity contribution in [3.63, 3.8) is 0 Å². The summed E-state index contributed by atoms with van der Waals surface area (Å²) < 4.78 is 5.74. The maximum atomic E-state index is 6.50. The van der Waals surface area contributed by atoms with Crippen molar-refractivity contribution >= 4 is 28.6 Å². The van der Waals surface area contributed by atoms with Crippen molar-refractivity contribution in [2.75, 3.05) is 57.3 Å². The first kappa shape index (κ1) is 30.0. The van der Waals surface area contributed by atoms with E-state index in [4.69, 9.17) is 21.9 Å². The van der Waals surface area contributed by atoms with Crippen molar-refractivity contribution in [3.8, 4) is 18.1 Å². The Morgan fingerprint density at radius 2 is 2.05 bits per heavy atom. The Morgan fingerprint density at radius 1 is 1.24 bits per heavy atom. The predicted octanol–water partition coefficient (Wildman–Crippen LogP) is 6.15. The molecule has 0 aliphatic heterocycles. The summed E-state index contributed by atoms with van der Waals surface area (Å²) in [6.45, 7) is 6.09. The number of hydrogen-bond donors (Lipinski definition) is 2. The van der Waals surface area contributed by atoms with Crippen molar-refractivity contribution in [2.24, 2.45) is 5.92 Å². The summed E-state index contributed by atoms with van der Waals surface area (Å²) in [7, 11) is 7.79. The van der Waals surface area contributed by atoms with Gasteiger partial charge in [-0.1, -0.05) is 43.5 Å². The van der Waals surface area contributed by atoms with Gasteiger partial charge in [-0.3, -0.25) is 0 Å². The number of nitrogens with two attached hydrogens (primary N) is 1. The number of anilines is 4. The van der Waals surface area contributed by atoms with Crippen molar-refractivity contribution < 1.29 is 4.74 Å². The van der Waals surface area contributed by atoms with Gasteiger partial charge in [0.2, 0.25) is 5.95 Å². The number of aromatic nitrogens is 2. The fraction of sp³-hybridized carbons (Fsp3) is 0.412. The van der Waals surface area contributed by atoms with Crippen LogP contribution >= 0.6 is 0 Å². The van der Waals surface area contributed by atoms with Crippen LogP contribution in [0.3, 0.4) is 0 Å². The van der Waals surface area contributed by atoms with E-state index in [0.29, 0.717) is 34.6 Å². The number of fused-ring (bicyclic) bond motifs is 1. The molecule has 0 radical (unpaired) electrons. The molecule has 3 aromatic rings. The summed E-state index contributed by atoms with van der Waals surface area (Å²) in [6.07, 6.45) is 15.7. The van der Waals surface area contributed by atoms with E-state index in [2.05, 4.69) is 71.3 Å². The molecule has 0 bridgehead atoms. The minimum Gasteiger partial charge on any atom is -0.494 e. The van der Waals surface area contributed by atoms with E-state index >= 15 is 0 Å². The quantitative estimate of drug-likeness (QED) is 0.177. The largest absolute Gasteiger partial charge is 0.494 e. The minimum atomic E-state index is 0.429. The molecule has 0 saturated carbocycles. The van der Waals surface area contributed by atoms with Crippen LogP contribution in [0.2, 0.25) is 0 Å². The number of hydrogen-bond acceptors (Lipinski definition) is 7. The Hall–Kier alpha value is -4.02. The zero-order valence-corrected chi connectivity index (χ0v) is 25.4. The minimum absolute atomic E-state index is 0.429. The van der Waals surface area contributed by atoms with E-state index < -0.39 is 0 Å². The second-order valence-electron chi connectivity index (χ2n) is 11.1. The highest BCUT2D eigenvalue weighted by molar-refractivity contribution is 5.84. The molecule has 7 heteroatoms. The molecule has 2 aromatic carbocycles. The predicted molar refractivity (Wildman–Crippen MR) is 172 cm³/mol. The lowest BCUT2D eigenvalue weighted by molar-refractivity contribution is 0.413. The molecule has 3 N–H and O–H groups in total. The first-order chi connectivity index (χ1) is 19.8. The molecule has 7 nitrogen and oxygen atoms in total. The van der Waals surface area contributed by atoms with E-state index in [1.807, 2.05) is 26.1 Å². The molecule has 1 aliphatic rings. The first-order valence-electron chi connectivity index (χ1n) is 14.5. The Bertz CT molecular complexity index is 1440. The third-order valence-corrected chi connectivity index (χ3v) is 8.07. The van der Waals surface area contributed by atoms with Crippen LogP contribution in [0.25, 0.3) is 5.57 Å². The summed E-state index contributed by atoms with van der Waals surface area (Å²) in [4.78, 5) is 13.8. The molecule has 216 valence electrons. The van der Waals surface area contributed by atoms with E-state index in [0.717, 1.165) is 42.9 Å². The standard InChI is InChI=1S/C34H44N6O/c1-8-23-13-11-14-25-15-12-16-27(28(25)19-23)26(10-3)33-24(9-2)22-36-34(38-33)37-30-20-29(35)31(21-32(30)41-7)40(6)18-17-39(4)5/h2,10,12,15-16,20-23H,8,11,13-14,17-19,35H2,1,3-7H3,(H,36,37,38). The SMILES string of the molecule is C#Cc1cnc(Nc2cc(N)c(N(C)CCN(C)C)cc2OC)nc1C(=CC)c1cccc2c1CC(CC)CCC2. The molecule has 1 heterocycles. The second-order valence-corrected chi connectivity index (χ2v) is 11.1. The Labute approximate surface area is 245 Å². The molecule has 0 fully saturated rings. The van der Waals surface area contributed by atoms with Crippen molar-refractivity contribution in [1.29, 1.82) is 0 Å². The van der Waals surface area contributed by atoms with Gasteiger partial charge in [-0.2, -0.15) is 0 Å². The van der Waals surface area contributed by atoms with Crippen molar-refractivity contribution in [2.45, 2.75) is 46.0 Å². The molecular weight excluding hydrogens is 508 g/mol. The summed E-state index contributed by atoms with van der Waals surface area (Å²) in [5.41, 5.74) is 15.2. The highest BCUT2D eigenvalue weighted by Gasteiger charge is 2.22. The third-order valence-electron chi connectivity index (χ3n) is 8.07. The number of rotatable bonds is 10. The molecule has 1 aromatic heterocycles. The number of methoxy groups -OCH3 is 1. The summed E-state index contributed by atoms with van der Waals surface area (Å²) in [5, 5.41) is 3.34. The molecular formula is C34H44N6O. The van der Waals surface area contributed by atoms with Crippen LogP contribution in [0.4, 0.5) is 23.0 Å². The van der Waals surface area contributed by atoms with E-state index in [-0.39, 0.29) is 0 Å². The molecule has 1 unspecified atom stereocenters. The number of aryl methyl sites for hydroxylation is 1. The van der Waals surface area contributed by atoms with Crippen LogP contribution in [0.15, 0.2) is 42.6 Å². The van der Waals surface area contributed by atoms with Crippen LogP contribution in [-0.4, -0.2) is 56.2 Å². The number of nitrogens with zero attached hydrogens (tertiary/aromatic N) is 4. The number of benzene rings is 2. The lowest BCUT2D eigenvalue weighted by Crippen LogP contribution is -2.29. The Kier molecular flexibility index (Phi) is 9.91. The van der Waals surface area contributed by atoms with Crippen LogP contribution in [0, 0.1) is 18.3 Å². The molecule has 1 aliphatic carbocycles. The number of allylic oxidation sites excluding steroid dienone is 1. The zero-order valence-electron chi connectivity index (χ0n) is 25.4. The molecule has 0 saturated heterocycles. The number of terminal acetylenes is 1. The molecule has 0 spiro atoms. The van der Waals surface area contributed by atoms with E-state index in [9.17, 15) is 0 Å². The molecule has 41 heavy (non-hydrogen) atoms. The lowest BCUT2D eigenvalue weighted by Gasteiger charge is -2.24. The van der Waals surface area contributed by atoms with Crippen molar-refractivity contribution in [1.82, 2.24) is 14.9 Å². The number of nitrogens with one attached hydrogen (secondary N) is 1. The molecule has 4 rings (SSSR count). The van der Waals surface area contributed by atoms with Gasteiger partial charge in [0.15, 0.2) is 0 Å². The number of likely N-dealkylation sites (N-methyl/N-ethyl adjacent to an activating group) is 2. The van der Waals surface area contributed by atoms with Gasteiger partial charge in [-0.05, 0) is 75.4 Å². The van der Waals surface area contributed by atoms with Gasteiger partial charge < -0.3 is 25.6 Å². The van der Waals surface area contributed by atoms with E-state index in [1.165, 1.54) is 36.0 Å². The second kappa shape index (κ2) is 13.6. The van der Waals surface area contributed by atoms with Crippen LogP contribution in [0.5, 0.6) is 5.75 Å². The highest BCUT2D eigenvalue weighted by Crippen LogP contribution is 2.38. The summed E-state index contributed by atoms with van der Waals surface area (Å²) in [6, 6.07) is 10.5. The van der Waals surface area contributed by atoms with Gasteiger partial charge in [-0.15, -0.1) is 6.42 Å². The molecule has 0 amide bonds. The van der Waals surface area contributed by atoms with Gasteiger partial charge >= 0.3 is 0 Å². The Balaban J connectivity index is 1.71. The van der Waals surface area contributed by atoms with Crippen LogP contribution in [-0.2, 0) is 12.8 Å². The highest BCUT2D eigenvalue weighted by atomic mass is 16.5. The summed E-state index contributed by atoms with van der Waals surface area (Å²) >= 11 is 0. The zero-order chi connectivity index (χ0) is 29.5. The van der Waals surface area contributed by atoms with Gasteiger partial charge in [0.25, 0.3) is 0 Å². The third kappa shape index (κ3) is 6.83. The monoisotopic (exact) mass is 552 g/mol. The maximum Gasteiger partial charge on any atom is 0.227 e. The van der Waals surface area contributed by atoms with Crippen LogP contribution in [0.1, 0.15) is 61.1 Å². The van der Waals surface area contributed by atoms with Gasteiger partial charge in [0.1, 0.15) is 5.75 Å². The number of nitrogen functional groups attached to an aromatic ring is 1. The normalized spacial score (nSPS) is 15.2. The van der Waals surface area contributed by atoms with E-state index in [1.54, 1.807) is 13.3 Å². The van der Waals surface area contributed by atoms with Crippen molar-refractivity contribution in [3.05, 3.63) is 70.6 Å². The smallest absolute Gasteiger partial charge is 0.227 e. The fourth-order valence-corrected chi connectivity index (χ4v) is 5.63. The summed E-state index contributed by atoms with van der Waals surface area (Å²) in [5.74, 6) is 4.58. The molecule has 1 atom stereocenters.